The predicted octanol–water partition coefficient (Wildman–Crippen LogP) is 4.49. The smallest absolute Gasteiger partial charge is 0.416 e. The molecule has 0 aliphatic carbocycles. The standard InChI is InChI=1S/C17H12F3N3O2/c1-10(24)15-16(22-23-21-15)25-14-8-4-12(5-9-14)11-2-6-13(7-3-11)17(18,19)20/h2-9H,1H3,(H,21,22,23). The number of nitrogens with one attached hydrogen (secondary N) is 1. The molecule has 0 atom stereocenters. The lowest BCUT2D eigenvalue weighted by molar-refractivity contribution is -0.137. The zero-order valence-corrected chi connectivity index (χ0v) is 13.0. The van der Waals surface area contributed by atoms with Gasteiger partial charge in [-0.1, -0.05) is 34.6 Å². The molecule has 0 bridgehead atoms. The highest BCUT2D eigenvalue weighted by Crippen LogP contribution is 2.31. The third kappa shape index (κ3) is 3.68. The molecule has 3 rings (SSSR count). The molecule has 8 heteroatoms. The van der Waals surface area contributed by atoms with Gasteiger partial charge in [-0.3, -0.25) is 9.89 Å². The van der Waals surface area contributed by atoms with E-state index in [0.29, 0.717) is 11.3 Å². The summed E-state index contributed by atoms with van der Waals surface area (Å²) in [4.78, 5) is 11.4. The SMILES string of the molecule is CC(=O)c1[nH]nnc1Oc1ccc(-c2ccc(C(F)(F)F)cc2)cc1. The van der Waals surface area contributed by atoms with Crippen LogP contribution in [0.3, 0.4) is 0 Å². The Hall–Kier alpha value is -3.16. The van der Waals surface area contributed by atoms with Crippen molar-refractivity contribution in [3.05, 3.63) is 59.8 Å². The quantitative estimate of drug-likeness (QED) is 0.706. The van der Waals surface area contributed by atoms with Crippen molar-refractivity contribution in [1.29, 1.82) is 0 Å². The van der Waals surface area contributed by atoms with Crippen molar-refractivity contribution in [3.8, 4) is 22.8 Å². The predicted molar refractivity (Wildman–Crippen MR) is 83.3 cm³/mol. The van der Waals surface area contributed by atoms with Crippen LogP contribution in [0.25, 0.3) is 11.1 Å². The second-order valence-electron chi connectivity index (χ2n) is 5.25. The number of carbonyl (C=O) groups excluding carboxylic acids is 1. The highest BCUT2D eigenvalue weighted by atomic mass is 19.4. The van der Waals surface area contributed by atoms with E-state index in [9.17, 15) is 18.0 Å². The van der Waals surface area contributed by atoms with Crippen LogP contribution in [-0.2, 0) is 6.18 Å². The highest BCUT2D eigenvalue weighted by Gasteiger charge is 2.29. The Bertz CT molecular complexity index is 885. The number of rotatable bonds is 4. The van der Waals surface area contributed by atoms with E-state index in [4.69, 9.17) is 4.74 Å². The molecule has 2 aromatic carbocycles. The van der Waals surface area contributed by atoms with Crippen LogP contribution < -0.4 is 4.74 Å². The van der Waals surface area contributed by atoms with Gasteiger partial charge in [-0.2, -0.15) is 13.2 Å². The first-order valence-corrected chi connectivity index (χ1v) is 7.22. The van der Waals surface area contributed by atoms with Crippen LogP contribution in [0.2, 0.25) is 0 Å². The number of ether oxygens (including phenoxy) is 1. The van der Waals surface area contributed by atoms with Crippen LogP contribution in [0, 0.1) is 0 Å². The minimum Gasteiger partial charge on any atom is -0.436 e. The Balaban J connectivity index is 1.78. The maximum Gasteiger partial charge on any atom is 0.416 e. The van der Waals surface area contributed by atoms with E-state index < -0.39 is 11.7 Å². The summed E-state index contributed by atoms with van der Waals surface area (Å²) in [7, 11) is 0. The Labute approximate surface area is 140 Å². The van der Waals surface area contributed by atoms with Crippen LogP contribution in [0.5, 0.6) is 11.6 Å². The van der Waals surface area contributed by atoms with Gasteiger partial charge in [-0.15, -0.1) is 0 Å². The number of aromatic amines is 1. The first kappa shape index (κ1) is 16.7. The number of ketones is 1. The molecule has 0 radical (unpaired) electrons. The molecule has 1 N–H and O–H groups in total. The summed E-state index contributed by atoms with van der Waals surface area (Å²) < 4.78 is 43.3. The van der Waals surface area contributed by atoms with Gasteiger partial charge in [0, 0.05) is 6.92 Å². The van der Waals surface area contributed by atoms with Crippen molar-refractivity contribution in [3.63, 3.8) is 0 Å². The number of halogens is 3. The monoisotopic (exact) mass is 347 g/mol. The van der Waals surface area contributed by atoms with E-state index in [1.54, 1.807) is 24.3 Å². The fraction of sp³-hybridized carbons (Fsp3) is 0.118. The Morgan fingerprint density at radius 2 is 1.56 bits per heavy atom. The first-order valence-electron chi connectivity index (χ1n) is 7.22. The lowest BCUT2D eigenvalue weighted by Gasteiger charge is -2.08. The summed E-state index contributed by atoms with van der Waals surface area (Å²) in [6.07, 6.45) is -4.36. The number of hydrogen-bond donors (Lipinski definition) is 1. The van der Waals surface area contributed by atoms with Crippen LogP contribution in [0.15, 0.2) is 48.5 Å². The topological polar surface area (TPSA) is 67.9 Å². The number of alkyl halides is 3. The molecule has 0 unspecified atom stereocenters. The lowest BCUT2D eigenvalue weighted by atomic mass is 10.0. The zero-order valence-electron chi connectivity index (χ0n) is 13.0. The van der Waals surface area contributed by atoms with E-state index >= 15 is 0 Å². The van der Waals surface area contributed by atoms with Crippen molar-refractivity contribution in [2.24, 2.45) is 0 Å². The van der Waals surface area contributed by atoms with Gasteiger partial charge >= 0.3 is 6.18 Å². The number of aromatic nitrogens is 3. The molecule has 0 saturated carbocycles. The van der Waals surface area contributed by atoms with Crippen LogP contribution in [0.4, 0.5) is 13.2 Å². The van der Waals surface area contributed by atoms with Gasteiger partial charge in [0.1, 0.15) is 5.75 Å². The molecule has 0 fully saturated rings. The normalized spacial score (nSPS) is 11.4. The average Bonchev–Trinajstić information content (AvgIpc) is 3.03. The molecular formula is C17H12F3N3O2. The number of Topliss-reactive ketones (excluding diaryl/α,β-unsaturated/α-hetero) is 1. The molecular weight excluding hydrogens is 335 g/mol. The highest BCUT2D eigenvalue weighted by molar-refractivity contribution is 5.94. The van der Waals surface area contributed by atoms with E-state index in [1.807, 2.05) is 0 Å². The van der Waals surface area contributed by atoms with Crippen molar-refractivity contribution < 1.29 is 22.7 Å². The van der Waals surface area contributed by atoms with Gasteiger partial charge < -0.3 is 4.74 Å². The summed E-state index contributed by atoms with van der Waals surface area (Å²) in [5, 5.41) is 9.66. The molecule has 128 valence electrons. The first-order chi connectivity index (χ1) is 11.8. The molecule has 1 heterocycles. The van der Waals surface area contributed by atoms with E-state index in [1.165, 1.54) is 19.1 Å². The van der Waals surface area contributed by atoms with Gasteiger partial charge in [0.2, 0.25) is 0 Å². The molecule has 5 nitrogen and oxygen atoms in total. The molecule has 1 aromatic heterocycles. The fourth-order valence-corrected chi connectivity index (χ4v) is 2.20. The number of hydrogen-bond acceptors (Lipinski definition) is 4. The van der Waals surface area contributed by atoms with Crippen LogP contribution in [-0.4, -0.2) is 21.2 Å². The summed E-state index contributed by atoms with van der Waals surface area (Å²) in [6.45, 7) is 1.36. The third-order valence-electron chi connectivity index (χ3n) is 3.48. The number of benzene rings is 2. The van der Waals surface area contributed by atoms with Gasteiger partial charge in [0.05, 0.1) is 5.56 Å². The van der Waals surface area contributed by atoms with E-state index in [0.717, 1.165) is 17.7 Å². The maximum atomic E-state index is 12.6. The summed E-state index contributed by atoms with van der Waals surface area (Å²) >= 11 is 0. The number of nitrogens with zero attached hydrogens (tertiary/aromatic N) is 2. The van der Waals surface area contributed by atoms with Crippen LogP contribution >= 0.6 is 0 Å². The minimum atomic E-state index is -4.36. The largest absolute Gasteiger partial charge is 0.436 e. The van der Waals surface area contributed by atoms with E-state index in [-0.39, 0.29) is 17.4 Å². The zero-order chi connectivity index (χ0) is 18.0. The Morgan fingerprint density at radius 1 is 1.00 bits per heavy atom. The second kappa shape index (κ2) is 6.39. The molecule has 0 amide bonds. The average molecular weight is 347 g/mol. The van der Waals surface area contributed by atoms with Crippen molar-refractivity contribution in [1.82, 2.24) is 15.4 Å². The number of H-pyrrole nitrogens is 1. The van der Waals surface area contributed by atoms with Crippen molar-refractivity contribution >= 4 is 5.78 Å². The fourth-order valence-electron chi connectivity index (χ4n) is 2.20. The molecule has 0 spiro atoms. The van der Waals surface area contributed by atoms with Crippen LogP contribution in [0.1, 0.15) is 23.0 Å². The van der Waals surface area contributed by atoms with Gasteiger partial charge in [0.15, 0.2) is 11.5 Å². The lowest BCUT2D eigenvalue weighted by Crippen LogP contribution is -2.03. The van der Waals surface area contributed by atoms with Gasteiger partial charge in [-0.05, 0) is 35.4 Å². The van der Waals surface area contributed by atoms with Crippen molar-refractivity contribution in [2.75, 3.05) is 0 Å². The van der Waals surface area contributed by atoms with Gasteiger partial charge in [-0.25, -0.2) is 0 Å². The number of carbonyl (C=O) groups is 1. The summed E-state index contributed by atoms with van der Waals surface area (Å²) in [6, 6.07) is 11.5. The molecule has 25 heavy (non-hydrogen) atoms. The summed E-state index contributed by atoms with van der Waals surface area (Å²) in [5.74, 6) is 0.225. The maximum absolute atomic E-state index is 12.6. The second-order valence-corrected chi connectivity index (χ2v) is 5.25. The van der Waals surface area contributed by atoms with Gasteiger partial charge in [0.25, 0.3) is 5.88 Å². The Kier molecular flexibility index (Phi) is 4.26. The summed E-state index contributed by atoms with van der Waals surface area (Å²) in [5.41, 5.74) is 0.837. The molecule has 0 aliphatic heterocycles. The molecule has 0 aliphatic rings. The molecule has 0 saturated heterocycles. The molecule has 3 aromatic rings. The van der Waals surface area contributed by atoms with Crippen molar-refractivity contribution in [2.45, 2.75) is 13.1 Å². The Morgan fingerprint density at radius 3 is 2.08 bits per heavy atom. The third-order valence-corrected chi connectivity index (χ3v) is 3.48. The van der Waals surface area contributed by atoms with E-state index in [2.05, 4.69) is 15.4 Å². The minimum absolute atomic E-state index is 0.0646.